The van der Waals surface area contributed by atoms with Gasteiger partial charge in [-0.25, -0.2) is 0 Å². The van der Waals surface area contributed by atoms with E-state index in [-0.39, 0.29) is 0 Å². The van der Waals surface area contributed by atoms with Crippen molar-refractivity contribution in [1.29, 1.82) is 0 Å². The number of rotatable bonds is 7. The van der Waals surface area contributed by atoms with Crippen LogP contribution in [0.4, 0.5) is 0 Å². The van der Waals surface area contributed by atoms with Gasteiger partial charge in [0.1, 0.15) is 5.75 Å². The second kappa shape index (κ2) is 7.20. The molecular formula is C11H18N2O2. The fraction of sp³-hybridized carbons (Fsp3) is 0.545. The Hall–Kier alpha value is -1.13. The number of ether oxygens (including phenoxy) is 2. The quantitative estimate of drug-likeness (QED) is 0.690. The van der Waals surface area contributed by atoms with Crippen molar-refractivity contribution in [3.8, 4) is 5.75 Å². The normalized spacial score (nSPS) is 10.3. The van der Waals surface area contributed by atoms with Crippen LogP contribution in [-0.2, 0) is 11.3 Å². The van der Waals surface area contributed by atoms with E-state index in [4.69, 9.17) is 15.2 Å². The maximum atomic E-state index is 5.49. The molecule has 0 saturated carbocycles. The lowest BCUT2D eigenvalue weighted by Gasteiger charge is -2.05. The van der Waals surface area contributed by atoms with E-state index in [2.05, 4.69) is 4.98 Å². The third kappa shape index (κ3) is 4.76. The van der Waals surface area contributed by atoms with Crippen LogP contribution in [0.5, 0.6) is 5.75 Å². The van der Waals surface area contributed by atoms with Gasteiger partial charge in [-0.3, -0.25) is 4.98 Å². The second-order valence-corrected chi connectivity index (χ2v) is 3.24. The lowest BCUT2D eigenvalue weighted by Crippen LogP contribution is -2.02. The number of hydrogen-bond acceptors (Lipinski definition) is 4. The number of pyridine rings is 1. The van der Waals surface area contributed by atoms with Crippen molar-refractivity contribution in [3.63, 3.8) is 0 Å². The molecule has 2 N–H and O–H groups in total. The largest absolute Gasteiger partial charge is 0.492 e. The molecule has 0 amide bonds. The minimum atomic E-state index is 0.466. The van der Waals surface area contributed by atoms with Crippen molar-refractivity contribution < 1.29 is 9.47 Å². The van der Waals surface area contributed by atoms with Crippen LogP contribution >= 0.6 is 0 Å². The molecule has 15 heavy (non-hydrogen) atoms. The highest BCUT2D eigenvalue weighted by Crippen LogP contribution is 2.09. The number of nitrogens with two attached hydrogens (primary N) is 1. The van der Waals surface area contributed by atoms with Crippen LogP contribution in [0.1, 0.15) is 18.5 Å². The summed E-state index contributed by atoms with van der Waals surface area (Å²) in [6, 6.07) is 3.77. The molecule has 0 radical (unpaired) electrons. The summed E-state index contributed by atoms with van der Waals surface area (Å²) < 4.78 is 10.4. The first kappa shape index (κ1) is 11.9. The monoisotopic (exact) mass is 210 g/mol. The average molecular weight is 210 g/mol. The fourth-order valence-electron chi connectivity index (χ4n) is 1.16. The topological polar surface area (TPSA) is 57.4 Å². The number of nitrogens with zero attached hydrogens (tertiary/aromatic N) is 1. The molecule has 0 atom stereocenters. The second-order valence-electron chi connectivity index (χ2n) is 3.24. The minimum absolute atomic E-state index is 0.466. The van der Waals surface area contributed by atoms with Crippen LogP contribution in [0.3, 0.4) is 0 Å². The molecule has 4 nitrogen and oxygen atoms in total. The Kier molecular flexibility index (Phi) is 5.73. The predicted octanol–water partition coefficient (Wildman–Crippen LogP) is 1.35. The van der Waals surface area contributed by atoms with E-state index in [1.807, 2.05) is 12.1 Å². The number of aromatic nitrogens is 1. The summed E-state index contributed by atoms with van der Waals surface area (Å²) in [5.41, 5.74) is 6.31. The molecule has 0 aromatic carbocycles. The van der Waals surface area contributed by atoms with E-state index in [9.17, 15) is 0 Å². The molecular weight excluding hydrogens is 192 g/mol. The van der Waals surface area contributed by atoms with Crippen LogP contribution in [-0.4, -0.2) is 25.3 Å². The van der Waals surface area contributed by atoms with Crippen molar-refractivity contribution in [3.05, 3.63) is 24.0 Å². The average Bonchev–Trinajstić information content (AvgIpc) is 2.30. The van der Waals surface area contributed by atoms with Crippen molar-refractivity contribution in [2.45, 2.75) is 19.4 Å². The summed E-state index contributed by atoms with van der Waals surface area (Å²) in [4.78, 5) is 4.14. The van der Waals surface area contributed by atoms with Crippen molar-refractivity contribution in [1.82, 2.24) is 4.98 Å². The smallest absolute Gasteiger partial charge is 0.137 e. The molecule has 1 rings (SSSR count). The first-order valence-electron chi connectivity index (χ1n) is 5.13. The molecule has 0 unspecified atom stereocenters. The van der Waals surface area contributed by atoms with Crippen LogP contribution < -0.4 is 10.5 Å². The maximum absolute atomic E-state index is 5.49. The van der Waals surface area contributed by atoms with Gasteiger partial charge in [0.15, 0.2) is 0 Å². The molecule has 0 saturated heterocycles. The summed E-state index contributed by atoms with van der Waals surface area (Å²) >= 11 is 0. The van der Waals surface area contributed by atoms with Gasteiger partial charge in [0, 0.05) is 20.3 Å². The van der Waals surface area contributed by atoms with Gasteiger partial charge in [0.25, 0.3) is 0 Å². The van der Waals surface area contributed by atoms with Gasteiger partial charge in [0.05, 0.1) is 18.5 Å². The Labute approximate surface area is 90.4 Å². The summed E-state index contributed by atoms with van der Waals surface area (Å²) in [6.07, 6.45) is 3.72. The Balaban J connectivity index is 2.20. The van der Waals surface area contributed by atoms with E-state index >= 15 is 0 Å². The lowest BCUT2D eigenvalue weighted by atomic mass is 10.3. The van der Waals surface area contributed by atoms with Gasteiger partial charge in [-0.1, -0.05) is 0 Å². The van der Waals surface area contributed by atoms with E-state index in [1.165, 1.54) is 0 Å². The Morgan fingerprint density at radius 2 is 2.07 bits per heavy atom. The van der Waals surface area contributed by atoms with Gasteiger partial charge in [-0.15, -0.1) is 0 Å². The van der Waals surface area contributed by atoms with Gasteiger partial charge in [-0.2, -0.15) is 0 Å². The maximum Gasteiger partial charge on any atom is 0.137 e. The van der Waals surface area contributed by atoms with Gasteiger partial charge in [0.2, 0.25) is 0 Å². The van der Waals surface area contributed by atoms with Gasteiger partial charge in [-0.05, 0) is 25.0 Å². The Morgan fingerprint density at radius 1 is 1.27 bits per heavy atom. The van der Waals surface area contributed by atoms with E-state index in [0.29, 0.717) is 13.2 Å². The zero-order valence-electron chi connectivity index (χ0n) is 9.11. The fourth-order valence-corrected chi connectivity index (χ4v) is 1.16. The lowest BCUT2D eigenvalue weighted by molar-refractivity contribution is 0.184. The molecule has 84 valence electrons. The first-order chi connectivity index (χ1) is 7.36. The summed E-state index contributed by atoms with van der Waals surface area (Å²) in [7, 11) is 1.70. The van der Waals surface area contributed by atoms with Crippen molar-refractivity contribution >= 4 is 0 Å². The SMILES string of the molecule is COCCCCOc1ccc(CN)nc1. The minimum Gasteiger partial charge on any atom is -0.492 e. The summed E-state index contributed by atoms with van der Waals surface area (Å²) in [5.74, 6) is 0.796. The highest BCUT2D eigenvalue weighted by molar-refractivity contribution is 5.19. The molecule has 0 aliphatic carbocycles. The van der Waals surface area contributed by atoms with Crippen LogP contribution in [0, 0.1) is 0 Å². The molecule has 1 aromatic rings. The molecule has 0 aliphatic rings. The Bertz CT molecular complexity index is 262. The number of methoxy groups -OCH3 is 1. The third-order valence-corrected chi connectivity index (χ3v) is 2.02. The zero-order chi connectivity index (χ0) is 10.9. The molecule has 0 spiro atoms. The molecule has 0 aliphatic heterocycles. The van der Waals surface area contributed by atoms with Crippen LogP contribution in [0.25, 0.3) is 0 Å². The number of unbranched alkanes of at least 4 members (excludes halogenated alkanes) is 1. The van der Waals surface area contributed by atoms with Crippen LogP contribution in [0.15, 0.2) is 18.3 Å². The van der Waals surface area contributed by atoms with Crippen LogP contribution in [0.2, 0.25) is 0 Å². The standard InChI is InChI=1S/C11H18N2O2/c1-14-6-2-3-7-15-11-5-4-10(8-12)13-9-11/h4-5,9H,2-3,6-8,12H2,1H3. The molecule has 0 fully saturated rings. The molecule has 1 heterocycles. The van der Waals surface area contributed by atoms with E-state index in [1.54, 1.807) is 13.3 Å². The summed E-state index contributed by atoms with van der Waals surface area (Å²) in [5, 5.41) is 0. The van der Waals surface area contributed by atoms with Gasteiger partial charge < -0.3 is 15.2 Å². The van der Waals surface area contributed by atoms with Crippen molar-refractivity contribution in [2.24, 2.45) is 5.73 Å². The van der Waals surface area contributed by atoms with E-state index in [0.717, 1.165) is 30.9 Å². The highest BCUT2D eigenvalue weighted by Gasteiger charge is 1.95. The predicted molar refractivity (Wildman–Crippen MR) is 58.7 cm³/mol. The number of hydrogen-bond donors (Lipinski definition) is 1. The van der Waals surface area contributed by atoms with E-state index < -0.39 is 0 Å². The zero-order valence-corrected chi connectivity index (χ0v) is 9.11. The van der Waals surface area contributed by atoms with Crippen molar-refractivity contribution in [2.75, 3.05) is 20.3 Å². The Morgan fingerprint density at radius 3 is 2.67 bits per heavy atom. The molecule has 0 bridgehead atoms. The highest BCUT2D eigenvalue weighted by atomic mass is 16.5. The molecule has 4 heteroatoms. The molecule has 1 aromatic heterocycles. The third-order valence-electron chi connectivity index (χ3n) is 2.02. The summed E-state index contributed by atoms with van der Waals surface area (Å²) in [6.45, 7) is 1.95. The van der Waals surface area contributed by atoms with Gasteiger partial charge >= 0.3 is 0 Å². The first-order valence-corrected chi connectivity index (χ1v) is 5.13.